The first-order valence-electron chi connectivity index (χ1n) is 8.38. The summed E-state index contributed by atoms with van der Waals surface area (Å²) in [5.74, 6) is -0.996. The first kappa shape index (κ1) is 21.3. The Morgan fingerprint density at radius 3 is 2.04 bits per heavy atom. The van der Waals surface area contributed by atoms with Crippen LogP contribution in [0.3, 0.4) is 0 Å². The van der Waals surface area contributed by atoms with E-state index >= 15 is 0 Å². The van der Waals surface area contributed by atoms with Gasteiger partial charge in [-0.25, -0.2) is 0 Å². The third-order valence-corrected chi connectivity index (χ3v) is 12.3. The Morgan fingerprint density at radius 1 is 1.04 bits per heavy atom. The van der Waals surface area contributed by atoms with Gasteiger partial charge < -0.3 is 0 Å². The maximum absolute atomic E-state index is 12.0. The summed E-state index contributed by atoms with van der Waals surface area (Å²) in [6, 6.07) is 13.4. The van der Waals surface area contributed by atoms with Gasteiger partial charge in [-0.3, -0.25) is 0 Å². The first-order valence-corrected chi connectivity index (χ1v) is 19.4. The van der Waals surface area contributed by atoms with Gasteiger partial charge in [0.25, 0.3) is 0 Å². The molecule has 0 bridgehead atoms. The molecule has 3 N–H and O–H groups in total. The average molecular weight is 543 g/mol. The van der Waals surface area contributed by atoms with Gasteiger partial charge in [0.05, 0.1) is 0 Å². The van der Waals surface area contributed by atoms with Crippen LogP contribution in [0.25, 0.3) is 21.6 Å². The number of halogens is 1. The molecule has 0 amide bonds. The van der Waals surface area contributed by atoms with Crippen LogP contribution < -0.4 is 8.72 Å². The standard InChI is InChI=1S/C17H11ClNO4S2.2CH3.Sn.H/c18-12-5-1-11(2-6-12)15-9-14(16(24-15)17(20)21)10-3-7-13(8-4-10)25(19,22)23;;;;/h1-8H,(H,20,21)(H2,19,22,23);2*1H3;;. The first-order chi connectivity index (χ1) is 13.1. The van der Waals surface area contributed by atoms with Crippen LogP contribution in [-0.2, 0) is 10.0 Å². The van der Waals surface area contributed by atoms with Crippen LogP contribution in [0.4, 0.5) is 0 Å². The van der Waals surface area contributed by atoms with Gasteiger partial charge in [0.1, 0.15) is 0 Å². The minimum atomic E-state index is -3.81. The van der Waals surface area contributed by atoms with Gasteiger partial charge in [-0.15, -0.1) is 0 Å². The summed E-state index contributed by atoms with van der Waals surface area (Å²) >= 11 is 5.03. The molecule has 0 radical (unpaired) electrons. The number of carbonyl (C=O) groups is 1. The van der Waals surface area contributed by atoms with Gasteiger partial charge in [-0.05, 0) is 0 Å². The Balaban J connectivity index is 2.27. The van der Waals surface area contributed by atoms with Gasteiger partial charge in [0.2, 0.25) is 0 Å². The molecule has 0 spiro atoms. The molecular formula is C19H18ClNO4S2Sn. The molecule has 1 heterocycles. The van der Waals surface area contributed by atoms with E-state index in [0.29, 0.717) is 16.1 Å². The second-order valence-corrected chi connectivity index (χ2v) is 17.8. The Morgan fingerprint density at radius 2 is 1.57 bits per heavy atom. The normalized spacial score (nSPS) is 11.8. The molecule has 5 nitrogen and oxygen atoms in total. The quantitative estimate of drug-likeness (QED) is 0.480. The van der Waals surface area contributed by atoms with E-state index in [0.717, 1.165) is 14.0 Å². The topological polar surface area (TPSA) is 97.5 Å². The molecule has 0 aliphatic heterocycles. The Bertz CT molecular complexity index is 1140. The van der Waals surface area contributed by atoms with E-state index in [1.165, 1.54) is 23.5 Å². The fourth-order valence-electron chi connectivity index (χ4n) is 3.06. The molecule has 0 saturated heterocycles. The number of carboxylic acid groups (broad SMARTS) is 1. The minimum absolute atomic E-state index is 0.00381. The van der Waals surface area contributed by atoms with E-state index in [-0.39, 0.29) is 9.77 Å². The number of nitrogens with two attached hydrogens (primary N) is 1. The Kier molecular flexibility index (Phi) is 6.21. The molecule has 3 rings (SSSR count). The van der Waals surface area contributed by atoms with Crippen molar-refractivity contribution < 1.29 is 18.3 Å². The number of sulfonamides is 1. The maximum atomic E-state index is 12.0. The monoisotopic (exact) mass is 543 g/mol. The van der Waals surface area contributed by atoms with Gasteiger partial charge in [0, 0.05) is 0 Å². The van der Waals surface area contributed by atoms with Crippen molar-refractivity contribution in [1.82, 2.24) is 0 Å². The number of hydrogen-bond donors (Lipinski definition) is 2. The third kappa shape index (κ3) is 4.28. The van der Waals surface area contributed by atoms with Crippen LogP contribution in [0.2, 0.25) is 14.9 Å². The number of rotatable bonds is 5. The van der Waals surface area contributed by atoms with E-state index in [1.54, 1.807) is 24.3 Å². The zero-order valence-electron chi connectivity index (χ0n) is 15.1. The molecule has 0 aliphatic rings. The zero-order chi connectivity index (χ0) is 20.6. The predicted octanol–water partition coefficient (Wildman–Crippen LogP) is 3.77. The van der Waals surface area contributed by atoms with Crippen LogP contribution >= 0.6 is 22.9 Å². The van der Waals surface area contributed by atoms with Crippen LogP contribution in [0.1, 0.15) is 9.67 Å². The summed E-state index contributed by atoms with van der Waals surface area (Å²) in [5, 5.41) is 15.6. The number of carboxylic acids is 1. The summed E-state index contributed by atoms with van der Waals surface area (Å²) < 4.78 is 24.2. The van der Waals surface area contributed by atoms with Crippen molar-refractivity contribution in [3.05, 3.63) is 58.4 Å². The molecule has 146 valence electrons. The van der Waals surface area contributed by atoms with E-state index in [9.17, 15) is 18.3 Å². The molecule has 0 unspecified atom stereocenters. The number of hydrogen-bond acceptors (Lipinski definition) is 4. The molecule has 3 aromatic rings. The molecule has 0 atom stereocenters. The van der Waals surface area contributed by atoms with Crippen molar-refractivity contribution in [2.75, 3.05) is 0 Å². The van der Waals surface area contributed by atoms with Crippen LogP contribution in [0.5, 0.6) is 0 Å². The van der Waals surface area contributed by atoms with Crippen molar-refractivity contribution in [2.45, 2.75) is 14.8 Å². The molecular weight excluding hydrogens is 525 g/mol. The molecule has 0 saturated carbocycles. The van der Waals surface area contributed by atoms with Crippen molar-refractivity contribution in [3.63, 3.8) is 0 Å². The van der Waals surface area contributed by atoms with Crippen molar-refractivity contribution in [2.24, 2.45) is 5.14 Å². The van der Waals surface area contributed by atoms with Gasteiger partial charge in [-0.2, -0.15) is 0 Å². The fraction of sp³-hybridized carbons (Fsp3) is 0.105. The van der Waals surface area contributed by atoms with E-state index in [1.807, 2.05) is 12.1 Å². The summed E-state index contributed by atoms with van der Waals surface area (Å²) in [7, 11) is -3.81. The second-order valence-electron chi connectivity index (χ2n) is 6.59. The van der Waals surface area contributed by atoms with Gasteiger partial charge in [-0.1, -0.05) is 0 Å². The van der Waals surface area contributed by atoms with Gasteiger partial charge in [0.15, 0.2) is 0 Å². The average Bonchev–Trinajstić information content (AvgIpc) is 3.03. The van der Waals surface area contributed by atoms with Crippen molar-refractivity contribution in [3.8, 4) is 21.6 Å². The zero-order valence-corrected chi connectivity index (χ0v) is 20.8. The summed E-state index contributed by atoms with van der Waals surface area (Å²) in [4.78, 5) is 17.6. The number of thiophene rings is 1. The predicted molar refractivity (Wildman–Crippen MR) is 117 cm³/mol. The van der Waals surface area contributed by atoms with E-state index < -0.39 is 35.8 Å². The van der Waals surface area contributed by atoms with Crippen molar-refractivity contribution in [1.29, 1.82) is 0 Å². The number of primary sulfonamides is 1. The number of benzene rings is 2. The fourth-order valence-corrected chi connectivity index (χ4v) is 11.7. The molecule has 0 fully saturated rings. The van der Waals surface area contributed by atoms with Crippen LogP contribution in [0.15, 0.2) is 53.4 Å². The molecule has 1 aromatic heterocycles. The van der Waals surface area contributed by atoms with Crippen LogP contribution in [0, 0.1) is 0 Å². The second kappa shape index (κ2) is 8.15. The third-order valence-electron chi connectivity index (χ3n) is 4.29. The SMILES string of the molecule is [CH3][SnH]([CH3])[c]1c(-c2ccc(Cl)cc2)sc(C(=O)O)c1-c1ccc(S(N)(=O)=O)cc1. The van der Waals surface area contributed by atoms with E-state index in [4.69, 9.17) is 16.7 Å². The number of aromatic carboxylic acids is 1. The molecule has 2 aromatic carbocycles. The summed E-state index contributed by atoms with van der Waals surface area (Å²) in [5.41, 5.74) is 2.31. The molecule has 28 heavy (non-hydrogen) atoms. The molecule has 9 heteroatoms. The Hall–Kier alpha value is -1.39. The van der Waals surface area contributed by atoms with Crippen LogP contribution in [-0.4, -0.2) is 39.3 Å². The van der Waals surface area contributed by atoms with Crippen molar-refractivity contribution >= 4 is 62.3 Å². The summed E-state index contributed by atoms with van der Waals surface area (Å²) in [6.45, 7) is 0. The Labute approximate surface area is 179 Å². The molecule has 0 aliphatic carbocycles. The van der Waals surface area contributed by atoms with E-state index in [2.05, 4.69) is 9.88 Å². The summed E-state index contributed by atoms with van der Waals surface area (Å²) in [6.07, 6.45) is 0. The van der Waals surface area contributed by atoms with Gasteiger partial charge >= 0.3 is 181 Å².